The molecule has 1 aromatic heterocycles. The van der Waals surface area contributed by atoms with E-state index < -0.39 is 0 Å². The van der Waals surface area contributed by atoms with Crippen molar-refractivity contribution in [2.45, 2.75) is 33.2 Å². The van der Waals surface area contributed by atoms with Crippen LogP contribution in [0.1, 0.15) is 37.1 Å². The van der Waals surface area contributed by atoms with Gasteiger partial charge in [-0.25, -0.2) is 0 Å². The zero-order chi connectivity index (χ0) is 16.3. The van der Waals surface area contributed by atoms with Gasteiger partial charge in [0.25, 0.3) is 0 Å². The third-order valence-electron chi connectivity index (χ3n) is 3.77. The Morgan fingerprint density at radius 1 is 1.41 bits per heavy atom. The topological polar surface area (TPSA) is 51.6 Å². The molecule has 0 aliphatic heterocycles. The van der Waals surface area contributed by atoms with Crippen LogP contribution in [-0.4, -0.2) is 11.0 Å². The second-order valence-corrected chi connectivity index (χ2v) is 6.14. The van der Waals surface area contributed by atoms with Crippen molar-refractivity contribution in [3.8, 4) is 6.07 Å². The van der Waals surface area contributed by atoms with E-state index in [2.05, 4.69) is 49.4 Å². The predicted octanol–water partition coefficient (Wildman–Crippen LogP) is 4.51. The first-order valence-electron chi connectivity index (χ1n) is 7.56. The molecule has 1 unspecified atom stereocenters. The van der Waals surface area contributed by atoms with Crippen LogP contribution in [0.3, 0.4) is 0 Å². The smallest absolute Gasteiger partial charge is 0.0992 e. The van der Waals surface area contributed by atoms with Gasteiger partial charge in [0, 0.05) is 16.9 Å². The average Bonchev–Trinajstić information content (AvgIpc) is 2.90. The van der Waals surface area contributed by atoms with Crippen LogP contribution in [0.2, 0.25) is 0 Å². The van der Waals surface area contributed by atoms with E-state index in [1.54, 1.807) is 0 Å². The number of hydrogen-bond donors (Lipinski definition) is 2. The molecule has 1 aromatic carbocycles. The van der Waals surface area contributed by atoms with Gasteiger partial charge in [0.05, 0.1) is 23.0 Å². The lowest BCUT2D eigenvalue weighted by Gasteiger charge is -2.19. The van der Waals surface area contributed by atoms with Gasteiger partial charge in [0.1, 0.15) is 0 Å². The van der Waals surface area contributed by atoms with Crippen LogP contribution in [0.25, 0.3) is 16.6 Å². The van der Waals surface area contributed by atoms with E-state index in [0.29, 0.717) is 11.5 Å². The molecule has 1 atom stereocenters. The predicted molar refractivity (Wildman–Crippen MR) is 93.4 cm³/mol. The SMILES string of the molecule is C=CC(CC(C)C)NC(=C)c1cc2c(C)cc(C#N)cc2[nH]1. The number of H-pyrrole nitrogens is 1. The summed E-state index contributed by atoms with van der Waals surface area (Å²) < 4.78 is 0. The van der Waals surface area contributed by atoms with Crippen molar-refractivity contribution in [3.05, 3.63) is 54.3 Å². The molecule has 114 valence electrons. The van der Waals surface area contributed by atoms with E-state index in [1.807, 2.05) is 25.1 Å². The van der Waals surface area contributed by atoms with Crippen LogP contribution in [0.15, 0.2) is 37.4 Å². The van der Waals surface area contributed by atoms with Crippen molar-refractivity contribution < 1.29 is 0 Å². The standard InChI is InChI=1S/C19H23N3/c1-6-16(7-12(2)3)21-14(5)18-10-17-13(4)8-15(11-20)9-19(17)22-18/h6,8-10,12,16,21-22H,1,5,7H2,2-4H3. The van der Waals surface area contributed by atoms with Gasteiger partial charge in [-0.2, -0.15) is 5.26 Å². The number of rotatable bonds is 6. The number of nitriles is 1. The van der Waals surface area contributed by atoms with Crippen molar-refractivity contribution in [1.82, 2.24) is 10.3 Å². The molecular weight excluding hydrogens is 270 g/mol. The highest BCUT2D eigenvalue weighted by Crippen LogP contribution is 2.24. The number of aromatic amines is 1. The van der Waals surface area contributed by atoms with Gasteiger partial charge in [0.2, 0.25) is 0 Å². The minimum Gasteiger partial charge on any atom is -0.378 e. The number of hydrogen-bond acceptors (Lipinski definition) is 2. The van der Waals surface area contributed by atoms with Crippen molar-refractivity contribution in [1.29, 1.82) is 5.26 Å². The summed E-state index contributed by atoms with van der Waals surface area (Å²) in [5, 5.41) is 13.6. The van der Waals surface area contributed by atoms with E-state index in [-0.39, 0.29) is 6.04 Å². The molecule has 2 rings (SSSR count). The second-order valence-electron chi connectivity index (χ2n) is 6.14. The summed E-state index contributed by atoms with van der Waals surface area (Å²) in [5.41, 5.74) is 4.52. The van der Waals surface area contributed by atoms with Crippen LogP contribution >= 0.6 is 0 Å². The van der Waals surface area contributed by atoms with Crippen LogP contribution < -0.4 is 5.32 Å². The normalized spacial score (nSPS) is 12.1. The summed E-state index contributed by atoms with van der Waals surface area (Å²) in [7, 11) is 0. The minimum absolute atomic E-state index is 0.203. The van der Waals surface area contributed by atoms with E-state index in [4.69, 9.17) is 5.26 Å². The largest absolute Gasteiger partial charge is 0.378 e. The summed E-state index contributed by atoms with van der Waals surface area (Å²) in [5.74, 6) is 0.589. The zero-order valence-corrected chi connectivity index (χ0v) is 13.5. The van der Waals surface area contributed by atoms with Crippen LogP contribution in [0.5, 0.6) is 0 Å². The highest BCUT2D eigenvalue weighted by atomic mass is 14.9. The Morgan fingerprint density at radius 3 is 2.73 bits per heavy atom. The number of aromatic nitrogens is 1. The third-order valence-corrected chi connectivity index (χ3v) is 3.77. The number of benzene rings is 1. The maximum atomic E-state index is 9.07. The molecule has 2 N–H and O–H groups in total. The number of nitrogens with one attached hydrogen (secondary N) is 2. The summed E-state index contributed by atoms with van der Waals surface area (Å²) in [6.45, 7) is 14.4. The lowest BCUT2D eigenvalue weighted by atomic mass is 10.0. The molecule has 2 aromatic rings. The molecule has 0 aliphatic carbocycles. The lowest BCUT2D eigenvalue weighted by molar-refractivity contribution is 0.516. The molecule has 1 heterocycles. The molecule has 3 heteroatoms. The Balaban J connectivity index is 2.27. The molecule has 0 spiro atoms. The minimum atomic E-state index is 0.203. The number of nitrogens with zero attached hydrogens (tertiary/aromatic N) is 1. The Bertz CT molecular complexity index is 744. The molecular formula is C19H23N3. The summed E-state index contributed by atoms with van der Waals surface area (Å²) >= 11 is 0. The summed E-state index contributed by atoms with van der Waals surface area (Å²) in [6, 6.07) is 8.25. The Kier molecular flexibility index (Phi) is 4.72. The van der Waals surface area contributed by atoms with Crippen molar-refractivity contribution in [3.63, 3.8) is 0 Å². The monoisotopic (exact) mass is 293 g/mol. The number of aryl methyl sites for hydroxylation is 1. The average molecular weight is 293 g/mol. The fourth-order valence-corrected chi connectivity index (χ4v) is 2.67. The van der Waals surface area contributed by atoms with E-state index in [0.717, 1.165) is 34.3 Å². The first-order valence-corrected chi connectivity index (χ1v) is 7.56. The van der Waals surface area contributed by atoms with E-state index >= 15 is 0 Å². The Hall–Kier alpha value is -2.47. The van der Waals surface area contributed by atoms with Gasteiger partial charge < -0.3 is 10.3 Å². The van der Waals surface area contributed by atoms with Crippen molar-refractivity contribution in [2.75, 3.05) is 0 Å². The highest BCUT2D eigenvalue weighted by molar-refractivity contribution is 5.88. The highest BCUT2D eigenvalue weighted by Gasteiger charge is 2.11. The molecule has 0 amide bonds. The van der Waals surface area contributed by atoms with Gasteiger partial charge >= 0.3 is 0 Å². The van der Waals surface area contributed by atoms with Gasteiger partial charge in [-0.05, 0) is 43.0 Å². The maximum absolute atomic E-state index is 9.07. The second kappa shape index (κ2) is 6.53. The molecule has 0 bridgehead atoms. The van der Waals surface area contributed by atoms with E-state index in [9.17, 15) is 0 Å². The third kappa shape index (κ3) is 3.40. The fraction of sp³-hybridized carbons (Fsp3) is 0.316. The lowest BCUT2D eigenvalue weighted by Crippen LogP contribution is -2.26. The molecule has 22 heavy (non-hydrogen) atoms. The number of fused-ring (bicyclic) bond motifs is 1. The molecule has 3 nitrogen and oxygen atoms in total. The Morgan fingerprint density at radius 2 is 2.14 bits per heavy atom. The molecule has 0 radical (unpaired) electrons. The summed E-state index contributed by atoms with van der Waals surface area (Å²) in [4.78, 5) is 3.35. The van der Waals surface area contributed by atoms with Crippen LogP contribution in [-0.2, 0) is 0 Å². The van der Waals surface area contributed by atoms with Crippen molar-refractivity contribution in [2.24, 2.45) is 5.92 Å². The van der Waals surface area contributed by atoms with Crippen LogP contribution in [0, 0.1) is 24.2 Å². The van der Waals surface area contributed by atoms with E-state index in [1.165, 1.54) is 0 Å². The first-order chi connectivity index (χ1) is 10.4. The molecule has 0 fully saturated rings. The molecule has 0 saturated carbocycles. The first kappa shape index (κ1) is 15.9. The fourth-order valence-electron chi connectivity index (χ4n) is 2.67. The van der Waals surface area contributed by atoms with Gasteiger partial charge in [-0.3, -0.25) is 0 Å². The summed E-state index contributed by atoms with van der Waals surface area (Å²) in [6.07, 6.45) is 2.94. The van der Waals surface area contributed by atoms with Crippen LogP contribution in [0.4, 0.5) is 0 Å². The quantitative estimate of drug-likeness (QED) is 0.770. The zero-order valence-electron chi connectivity index (χ0n) is 13.5. The molecule has 0 saturated heterocycles. The van der Waals surface area contributed by atoms with Crippen molar-refractivity contribution >= 4 is 16.6 Å². The van der Waals surface area contributed by atoms with Gasteiger partial charge in [0.15, 0.2) is 0 Å². The maximum Gasteiger partial charge on any atom is 0.0992 e. The molecule has 0 aliphatic rings. The Labute approximate surface area is 132 Å². The van der Waals surface area contributed by atoms with Gasteiger partial charge in [-0.1, -0.05) is 26.5 Å². The van der Waals surface area contributed by atoms with Gasteiger partial charge in [-0.15, -0.1) is 6.58 Å².